The molecule has 2 heterocycles. The third-order valence-electron chi connectivity index (χ3n) is 6.86. The highest BCUT2D eigenvalue weighted by molar-refractivity contribution is 7.22. The minimum absolute atomic E-state index is 0.0980. The molecule has 2 aromatic heterocycles. The Hall–Kier alpha value is -2.92. The van der Waals surface area contributed by atoms with E-state index in [0.29, 0.717) is 34.2 Å². The molecule has 170 valence electrons. The first-order valence-electron chi connectivity index (χ1n) is 11.6. The van der Waals surface area contributed by atoms with Crippen LogP contribution in [0.15, 0.2) is 42.5 Å². The summed E-state index contributed by atoms with van der Waals surface area (Å²) in [6, 6.07) is 13.9. The average molecular weight is 460 g/mol. The molecule has 4 nitrogen and oxygen atoms in total. The van der Waals surface area contributed by atoms with Crippen LogP contribution in [0.25, 0.3) is 31.6 Å². The van der Waals surface area contributed by atoms with Crippen LogP contribution in [-0.2, 0) is 0 Å². The number of pyridine rings is 1. The van der Waals surface area contributed by atoms with Crippen LogP contribution in [0.2, 0.25) is 0 Å². The molecular weight excluding hydrogens is 430 g/mol. The second-order valence-electron chi connectivity index (χ2n) is 9.67. The van der Waals surface area contributed by atoms with Gasteiger partial charge in [0.2, 0.25) is 0 Å². The van der Waals surface area contributed by atoms with Gasteiger partial charge in [-0.15, -0.1) is 11.3 Å². The lowest BCUT2D eigenvalue weighted by atomic mass is 9.82. The van der Waals surface area contributed by atoms with Crippen LogP contribution in [0.1, 0.15) is 54.6 Å². The Kier molecular flexibility index (Phi) is 5.61. The summed E-state index contributed by atoms with van der Waals surface area (Å²) in [5, 5.41) is 12.0. The van der Waals surface area contributed by atoms with Gasteiger partial charge in [0.25, 0.3) is 0 Å². The predicted molar refractivity (Wildman–Crippen MR) is 136 cm³/mol. The van der Waals surface area contributed by atoms with Crippen LogP contribution in [0.3, 0.4) is 0 Å². The van der Waals surface area contributed by atoms with Crippen molar-refractivity contribution in [1.82, 2.24) is 4.98 Å². The molecule has 0 spiro atoms. The zero-order valence-electron chi connectivity index (χ0n) is 19.5. The number of rotatable bonds is 4. The fourth-order valence-corrected chi connectivity index (χ4v) is 6.56. The van der Waals surface area contributed by atoms with Crippen molar-refractivity contribution in [2.45, 2.75) is 53.1 Å². The number of hydrogen-bond donors (Lipinski definition) is 1. The first-order valence-corrected chi connectivity index (χ1v) is 12.5. The molecule has 5 rings (SSSR count). The second kappa shape index (κ2) is 8.45. The van der Waals surface area contributed by atoms with E-state index >= 15 is 0 Å². The van der Waals surface area contributed by atoms with Crippen molar-refractivity contribution >= 4 is 38.3 Å². The molecule has 5 heteroatoms. The highest BCUT2D eigenvalue weighted by Gasteiger charge is 2.27. The number of ether oxygens (including phenoxy) is 1. The Morgan fingerprint density at radius 3 is 2.48 bits per heavy atom. The van der Waals surface area contributed by atoms with Gasteiger partial charge in [-0.3, -0.25) is 0 Å². The maximum atomic E-state index is 12.4. The standard InChI is InChI=1S/C28H29NO3S/c1-15-11-16(2)13-19(12-15)32-23-10-9-17(3)26-25(23)21(28(30)31)14-22(29-26)27-18(4)20-7-5-6-8-24(20)33-27/h5-10,14-16,19H,11-13H2,1-4H3,(H,30,31)/t15-,16+,19+. The minimum Gasteiger partial charge on any atom is -0.490 e. The monoisotopic (exact) mass is 459 g/mol. The van der Waals surface area contributed by atoms with Crippen LogP contribution in [0.4, 0.5) is 0 Å². The lowest BCUT2D eigenvalue weighted by molar-refractivity contribution is 0.0697. The Labute approximate surface area is 198 Å². The number of aromatic carboxylic acids is 1. The van der Waals surface area contributed by atoms with Gasteiger partial charge in [-0.05, 0) is 79.7 Å². The van der Waals surface area contributed by atoms with Gasteiger partial charge in [0, 0.05) is 4.70 Å². The summed E-state index contributed by atoms with van der Waals surface area (Å²) in [7, 11) is 0. The highest BCUT2D eigenvalue weighted by atomic mass is 32.1. The summed E-state index contributed by atoms with van der Waals surface area (Å²) in [5.74, 6) is 0.889. The van der Waals surface area contributed by atoms with Crippen molar-refractivity contribution in [1.29, 1.82) is 0 Å². The van der Waals surface area contributed by atoms with E-state index in [1.165, 1.54) is 16.5 Å². The van der Waals surface area contributed by atoms with Crippen molar-refractivity contribution in [2.75, 3.05) is 0 Å². The maximum absolute atomic E-state index is 12.4. The van der Waals surface area contributed by atoms with Crippen LogP contribution in [-0.4, -0.2) is 22.2 Å². The number of aryl methyl sites for hydroxylation is 2. The van der Waals surface area contributed by atoms with E-state index in [9.17, 15) is 9.90 Å². The van der Waals surface area contributed by atoms with Gasteiger partial charge in [0.05, 0.1) is 33.1 Å². The number of fused-ring (bicyclic) bond motifs is 2. The Bertz CT molecular complexity index is 1360. The van der Waals surface area contributed by atoms with Gasteiger partial charge in [-0.25, -0.2) is 9.78 Å². The summed E-state index contributed by atoms with van der Waals surface area (Å²) in [6.45, 7) is 8.60. The minimum atomic E-state index is -0.955. The van der Waals surface area contributed by atoms with Crippen molar-refractivity contribution in [2.24, 2.45) is 11.8 Å². The van der Waals surface area contributed by atoms with Gasteiger partial charge in [-0.1, -0.05) is 38.1 Å². The first-order chi connectivity index (χ1) is 15.8. The molecule has 4 aromatic rings. The van der Waals surface area contributed by atoms with Gasteiger partial charge in [0.1, 0.15) is 5.75 Å². The van der Waals surface area contributed by atoms with Crippen LogP contribution < -0.4 is 4.74 Å². The normalized spacial score (nSPS) is 20.9. The lowest BCUT2D eigenvalue weighted by Crippen LogP contribution is -2.28. The van der Waals surface area contributed by atoms with Crippen LogP contribution in [0.5, 0.6) is 5.75 Å². The zero-order valence-corrected chi connectivity index (χ0v) is 20.3. The second-order valence-corrected chi connectivity index (χ2v) is 10.7. The molecule has 0 radical (unpaired) electrons. The summed E-state index contributed by atoms with van der Waals surface area (Å²) in [4.78, 5) is 18.4. The molecule has 33 heavy (non-hydrogen) atoms. The molecule has 0 unspecified atom stereocenters. The summed E-state index contributed by atoms with van der Waals surface area (Å²) < 4.78 is 7.65. The Morgan fingerprint density at radius 1 is 1.06 bits per heavy atom. The summed E-state index contributed by atoms with van der Waals surface area (Å²) in [6.07, 6.45) is 3.30. The molecule has 1 N–H and O–H groups in total. The van der Waals surface area contributed by atoms with Crippen molar-refractivity contribution in [3.05, 3.63) is 59.2 Å². The number of carboxylic acid groups (broad SMARTS) is 1. The number of hydrogen-bond acceptors (Lipinski definition) is 4. The zero-order chi connectivity index (χ0) is 23.3. The summed E-state index contributed by atoms with van der Waals surface area (Å²) >= 11 is 1.66. The molecular formula is C28H29NO3S. The van der Waals surface area contributed by atoms with Gasteiger partial charge in [-0.2, -0.15) is 0 Å². The molecule has 0 bridgehead atoms. The number of benzene rings is 2. The number of aromatic nitrogens is 1. The van der Waals surface area contributed by atoms with E-state index in [2.05, 4.69) is 32.9 Å². The molecule has 3 atom stereocenters. The quantitative estimate of drug-likeness (QED) is 0.341. The Morgan fingerprint density at radius 2 is 1.79 bits per heavy atom. The van der Waals surface area contributed by atoms with E-state index in [0.717, 1.165) is 28.8 Å². The van der Waals surface area contributed by atoms with E-state index in [4.69, 9.17) is 9.72 Å². The molecule has 0 aliphatic heterocycles. The SMILES string of the molecule is Cc1c(-c2cc(C(=O)O)c3c(O[C@H]4C[C@H](C)C[C@H](C)C4)ccc(C)c3n2)sc2ccccc12. The first kappa shape index (κ1) is 21.9. The van der Waals surface area contributed by atoms with E-state index < -0.39 is 5.97 Å². The Balaban J connectivity index is 1.67. The van der Waals surface area contributed by atoms with Gasteiger partial charge >= 0.3 is 5.97 Å². The smallest absolute Gasteiger partial charge is 0.336 e. The van der Waals surface area contributed by atoms with Crippen LogP contribution >= 0.6 is 11.3 Å². The molecule has 1 saturated carbocycles. The number of nitrogens with zero attached hydrogens (tertiary/aromatic N) is 1. The molecule has 1 aliphatic carbocycles. The number of carboxylic acids is 1. The molecule has 1 fully saturated rings. The van der Waals surface area contributed by atoms with Gasteiger partial charge < -0.3 is 9.84 Å². The third-order valence-corrected chi connectivity index (χ3v) is 8.16. The number of carbonyl (C=O) groups is 1. The predicted octanol–water partition coefficient (Wildman–Crippen LogP) is 7.64. The van der Waals surface area contributed by atoms with E-state index in [-0.39, 0.29) is 11.7 Å². The molecule has 2 aromatic carbocycles. The lowest BCUT2D eigenvalue weighted by Gasteiger charge is -2.32. The maximum Gasteiger partial charge on any atom is 0.336 e. The fraction of sp³-hybridized carbons (Fsp3) is 0.357. The average Bonchev–Trinajstić information content (AvgIpc) is 3.11. The highest BCUT2D eigenvalue weighted by Crippen LogP contribution is 2.41. The molecule has 0 saturated heterocycles. The topological polar surface area (TPSA) is 59.4 Å². The van der Waals surface area contributed by atoms with Gasteiger partial charge in [0.15, 0.2) is 0 Å². The van der Waals surface area contributed by atoms with Crippen molar-refractivity contribution in [3.8, 4) is 16.3 Å². The van der Waals surface area contributed by atoms with E-state index in [1.807, 2.05) is 31.2 Å². The van der Waals surface area contributed by atoms with E-state index in [1.54, 1.807) is 17.4 Å². The number of thiophene rings is 1. The third kappa shape index (κ3) is 3.99. The molecule has 0 amide bonds. The van der Waals surface area contributed by atoms with Crippen molar-refractivity contribution < 1.29 is 14.6 Å². The van der Waals surface area contributed by atoms with Crippen LogP contribution in [0, 0.1) is 25.7 Å². The summed E-state index contributed by atoms with van der Waals surface area (Å²) in [5.41, 5.74) is 3.75. The van der Waals surface area contributed by atoms with Crippen molar-refractivity contribution in [3.63, 3.8) is 0 Å². The largest absolute Gasteiger partial charge is 0.490 e. The molecule has 1 aliphatic rings. The fourth-order valence-electron chi connectivity index (χ4n) is 5.39.